The average molecular weight is 1660 g/mol. The Morgan fingerprint density at radius 3 is 0.898 bits per heavy atom. The van der Waals surface area contributed by atoms with Gasteiger partial charge in [-0.3, -0.25) is 58.5 Å². The second-order valence-corrected chi connectivity index (χ2v) is 30.4. The minimum Gasteiger partial charge on any atom is -0.398 e. The van der Waals surface area contributed by atoms with Gasteiger partial charge in [-0.25, -0.2) is 25.3 Å². The Bertz CT molecular complexity index is 4700. The predicted octanol–water partition coefficient (Wildman–Crippen LogP) is 15.3. The van der Waals surface area contributed by atoms with Gasteiger partial charge >= 0.3 is 10.4 Å². The summed E-state index contributed by atoms with van der Waals surface area (Å²) in [5, 5.41) is 50.6. The summed E-state index contributed by atoms with van der Waals surface area (Å²) in [4.78, 5) is 59.9. The van der Waals surface area contributed by atoms with Crippen molar-refractivity contribution in [1.29, 1.82) is 0 Å². The first-order valence-electron chi connectivity index (χ1n) is 31.2. The minimum atomic E-state index is -4.67. The molecule has 0 spiro atoms. The van der Waals surface area contributed by atoms with E-state index in [2.05, 4.69) is 33.9 Å². The van der Waals surface area contributed by atoms with Gasteiger partial charge in [0.05, 0.1) is 46.7 Å². The van der Waals surface area contributed by atoms with Gasteiger partial charge in [-0.1, -0.05) is 103 Å². The topological polar surface area (TPSA) is 504 Å². The van der Waals surface area contributed by atoms with Crippen LogP contribution in [-0.4, -0.2) is 104 Å². The number of nitro groups is 3. The molecular formula is C69H88Cl4N10O21S4. The van der Waals surface area contributed by atoms with Gasteiger partial charge in [0, 0.05) is 64.1 Å². The van der Waals surface area contributed by atoms with Crippen molar-refractivity contribution >= 4 is 142 Å². The second-order valence-electron chi connectivity index (χ2n) is 22.6. The number of halogens is 4. The molecule has 0 aliphatic carbocycles. The van der Waals surface area contributed by atoms with Gasteiger partial charge in [-0.05, 0) is 207 Å². The standard InChI is InChI=1S/C15H16N2O4S.C15H17NO2S.C10H11ClN2O3.C8H10N2O2.C8H11N.C7H7ClO2S.C4H11N.C2H2Cl2O.HNO3.H2O4S/c1-10-4-6-14(7-5-10)22(20,21)16-15-11(2)8-13(17(18)19)9-12(15)3;1-11-7-9-14(10-8-11)19(17,18)16-15-12(2)5-4-6-13(15)3;1-6-3-8(13(15)16)4-7(2)10(6)12-9(14)5-11;1-5-3-7(10(11)12)4-6(2)8(5)9;1-6-4-3-5-7(2)8(6)9;1-6-2-4-7(5-3-6)11(8,9)10;1-3-5-4-2;3-1-2(4)5;2-1(3)4;1-5(2,3)4/h4-9,16H,1-3H3;4-10,16H,1-3H3;3-4H,5H2,1-2H3,(H,12,14);3-4H,9H2,1-2H3;3-5H,9H2,1-2H3;2-5H,1H3;5H,3-4H2,1-2H3;1H2;(H,2,3,4);(H2,1,2,3,4). The van der Waals surface area contributed by atoms with Crippen LogP contribution >= 0.6 is 45.5 Å². The van der Waals surface area contributed by atoms with Crippen molar-refractivity contribution in [2.75, 3.05) is 51.1 Å². The van der Waals surface area contributed by atoms with E-state index in [-0.39, 0.29) is 49.4 Å². The number of hydrogen-bond acceptors (Lipinski definition) is 21. The number of nitrogens with two attached hydrogens (primary N) is 2. The van der Waals surface area contributed by atoms with Gasteiger partial charge in [0.25, 0.3) is 51.2 Å². The lowest BCUT2D eigenvalue weighted by Crippen LogP contribution is -2.14. The summed E-state index contributed by atoms with van der Waals surface area (Å²) in [5.74, 6) is -0.570. The van der Waals surface area contributed by atoms with Crippen LogP contribution in [0.5, 0.6) is 0 Å². The summed E-state index contributed by atoms with van der Waals surface area (Å²) in [7, 11) is -10.4. The Balaban J connectivity index is 0. The lowest BCUT2D eigenvalue weighted by atomic mass is 10.1. The van der Waals surface area contributed by atoms with E-state index in [0.29, 0.717) is 45.0 Å². The first-order chi connectivity index (χ1) is 49.7. The second kappa shape index (κ2) is 48.6. The molecule has 0 aromatic heterocycles. The van der Waals surface area contributed by atoms with E-state index in [1.165, 1.54) is 60.7 Å². The molecule has 108 heavy (non-hydrogen) atoms. The molecule has 592 valence electrons. The maximum atomic E-state index is 12.4. The quantitative estimate of drug-likeness (QED) is 0.0115. The predicted molar refractivity (Wildman–Crippen MR) is 425 cm³/mol. The lowest BCUT2D eigenvalue weighted by molar-refractivity contribution is -0.742. The summed E-state index contributed by atoms with van der Waals surface area (Å²) in [6.07, 6.45) is 0. The number of carbonyl (C=O) groups excluding carboxylic acids is 2. The number of para-hydroxylation sites is 2. The third-order valence-electron chi connectivity index (χ3n) is 13.7. The van der Waals surface area contributed by atoms with Crippen molar-refractivity contribution < 1.29 is 77.4 Å². The fourth-order valence-electron chi connectivity index (χ4n) is 8.26. The molecule has 8 rings (SSSR count). The van der Waals surface area contributed by atoms with Crippen LogP contribution in [0.2, 0.25) is 0 Å². The lowest BCUT2D eigenvalue weighted by Gasteiger charge is -2.13. The Kier molecular flexibility index (Phi) is 45.2. The highest BCUT2D eigenvalue weighted by atomic mass is 35.7. The van der Waals surface area contributed by atoms with Crippen molar-refractivity contribution in [2.45, 2.75) is 119 Å². The molecule has 0 aliphatic rings. The third kappa shape index (κ3) is 40.9. The van der Waals surface area contributed by atoms with Crippen LogP contribution in [0.15, 0.2) is 160 Å². The maximum Gasteiger partial charge on any atom is 0.394 e. The number of carbonyl (C=O) groups is 2. The number of nitrogen functional groups attached to an aromatic ring is 2. The number of rotatable bonds is 15. The molecule has 8 aromatic rings. The molecule has 8 aromatic carbocycles. The first kappa shape index (κ1) is 100. The number of non-ortho nitro benzene ring substituents is 3. The number of benzene rings is 8. The number of anilines is 5. The Hall–Kier alpha value is -9.66. The monoisotopic (exact) mass is 1660 g/mol. The summed E-state index contributed by atoms with van der Waals surface area (Å²) < 4.78 is 108. The van der Waals surface area contributed by atoms with E-state index in [4.69, 9.17) is 89.8 Å². The van der Waals surface area contributed by atoms with Crippen LogP contribution in [0.3, 0.4) is 0 Å². The first-order valence-corrected chi connectivity index (χ1v) is 39.3. The minimum absolute atomic E-state index is 0.0128. The summed E-state index contributed by atoms with van der Waals surface area (Å²) in [6.45, 7) is 30.1. The fourth-order valence-corrected chi connectivity index (χ4v) is 11.5. The Labute approximate surface area is 648 Å². The zero-order valence-electron chi connectivity index (χ0n) is 61.5. The highest BCUT2D eigenvalue weighted by Gasteiger charge is 2.21. The highest BCUT2D eigenvalue weighted by molar-refractivity contribution is 8.13. The summed E-state index contributed by atoms with van der Waals surface area (Å²) in [5.41, 5.74) is 25.4. The number of sulfonamides is 2. The van der Waals surface area contributed by atoms with Crippen molar-refractivity contribution in [3.05, 3.63) is 258 Å². The van der Waals surface area contributed by atoms with Crippen LogP contribution in [0.1, 0.15) is 86.2 Å². The Morgan fingerprint density at radius 2 is 0.667 bits per heavy atom. The fraction of sp³-hybridized carbons (Fsp3) is 0.275. The van der Waals surface area contributed by atoms with Crippen LogP contribution in [0, 0.1) is 130 Å². The third-order valence-corrected chi connectivity index (χ3v) is 18.6. The molecule has 31 nitrogen and oxygen atoms in total. The van der Waals surface area contributed by atoms with Gasteiger partial charge < -0.3 is 27.3 Å². The number of nitrogens with zero attached hydrogens (tertiary/aromatic N) is 4. The number of nitrogens with one attached hydrogen (secondary N) is 4. The van der Waals surface area contributed by atoms with Crippen LogP contribution in [-0.2, 0) is 49.1 Å². The number of alkyl halides is 2. The molecule has 11 N–H and O–H groups in total. The van der Waals surface area contributed by atoms with E-state index in [0.717, 1.165) is 68.8 Å². The van der Waals surface area contributed by atoms with Gasteiger partial charge in [0.1, 0.15) is 5.88 Å². The molecule has 39 heteroatoms. The zero-order valence-corrected chi connectivity index (χ0v) is 67.8. The molecule has 0 bridgehead atoms. The van der Waals surface area contributed by atoms with E-state index >= 15 is 0 Å². The van der Waals surface area contributed by atoms with Crippen LogP contribution < -0.4 is 31.5 Å². The summed E-state index contributed by atoms with van der Waals surface area (Å²) in [6, 6.07) is 39.9. The van der Waals surface area contributed by atoms with E-state index in [1.807, 2.05) is 84.9 Å². The Morgan fingerprint density at radius 1 is 0.426 bits per heavy atom. The highest BCUT2D eigenvalue weighted by Crippen LogP contribution is 2.30. The van der Waals surface area contributed by atoms with Crippen molar-refractivity contribution in [3.63, 3.8) is 0 Å². The van der Waals surface area contributed by atoms with E-state index in [1.54, 1.807) is 90.1 Å². The average Bonchev–Trinajstić information content (AvgIpc) is 0.814. The molecule has 0 fully saturated rings. The number of nitro benzene ring substituents is 3. The maximum absolute atomic E-state index is 12.4. The van der Waals surface area contributed by atoms with Crippen molar-refractivity contribution in [3.8, 4) is 0 Å². The molecule has 0 radical (unpaired) electrons. The van der Waals surface area contributed by atoms with Crippen LogP contribution in [0.25, 0.3) is 0 Å². The van der Waals surface area contributed by atoms with Gasteiger partial charge in [0.2, 0.25) is 11.1 Å². The molecule has 0 atom stereocenters. The molecule has 1 amide bonds. The van der Waals surface area contributed by atoms with E-state index < -0.39 is 64.6 Å². The molecular weight excluding hydrogens is 1570 g/mol. The molecule has 0 heterocycles. The van der Waals surface area contributed by atoms with Gasteiger partial charge in [-0.2, -0.15) is 8.42 Å². The van der Waals surface area contributed by atoms with Gasteiger partial charge in [-0.15, -0.1) is 33.3 Å². The number of aryl methyl sites for hydroxylation is 13. The molecule has 0 aliphatic heterocycles. The normalized spacial score (nSPS) is 10.3. The number of amides is 1. The molecule has 0 saturated heterocycles. The summed E-state index contributed by atoms with van der Waals surface area (Å²) >= 11 is 14.9. The van der Waals surface area contributed by atoms with E-state index in [9.17, 15) is 65.2 Å². The van der Waals surface area contributed by atoms with Crippen molar-refractivity contribution in [2.24, 2.45) is 0 Å². The largest absolute Gasteiger partial charge is 0.398 e. The smallest absolute Gasteiger partial charge is 0.394 e. The van der Waals surface area contributed by atoms with Gasteiger partial charge in [0.15, 0.2) is 0 Å². The molecule has 0 unspecified atom stereocenters. The molecule has 0 saturated carbocycles. The van der Waals surface area contributed by atoms with Crippen molar-refractivity contribution in [1.82, 2.24) is 5.32 Å². The van der Waals surface area contributed by atoms with Crippen LogP contribution in [0.4, 0.5) is 45.5 Å². The number of hydrogen-bond donors (Lipinski definition) is 9. The SMILES string of the molecule is CCNCC.Cc1cc([N+](=O)[O-])cc(C)c1N.Cc1cc([N+](=O)[O-])cc(C)c1NC(=O)CCl.Cc1ccc(S(=O)(=O)Cl)cc1.Cc1ccc(S(=O)(=O)Nc2c(C)cc([N+](=O)[O-])cc2C)cc1.Cc1ccc(S(=O)(=O)Nc2c(C)cccc2C)cc1.Cc1cccc(C)c1N.O=C(Cl)CCl.O=S(=O)(O)O.O=[N+]([O-])O. The zero-order chi connectivity index (χ0) is 83.9.